The van der Waals surface area contributed by atoms with Gasteiger partial charge in [0.1, 0.15) is 22.8 Å². The Morgan fingerprint density at radius 3 is 2.51 bits per heavy atom. The minimum absolute atomic E-state index is 0.187. The van der Waals surface area contributed by atoms with Crippen molar-refractivity contribution >= 4 is 63.2 Å². The molecular formula is C30H21ClIN3O4. The number of amides is 1. The molecule has 0 aliphatic rings. The molecule has 0 bridgehead atoms. The van der Waals surface area contributed by atoms with Crippen LogP contribution in [-0.2, 0) is 0 Å². The number of para-hydroxylation sites is 2. The van der Waals surface area contributed by atoms with E-state index in [0.717, 1.165) is 25.6 Å². The zero-order valence-corrected chi connectivity index (χ0v) is 23.5. The molecule has 0 unspecified atom stereocenters. The topological polar surface area (TPSA) is 92.8 Å². The van der Waals surface area contributed by atoms with E-state index in [0.29, 0.717) is 22.0 Å². The van der Waals surface area contributed by atoms with Gasteiger partial charge in [0, 0.05) is 25.1 Å². The summed E-state index contributed by atoms with van der Waals surface area (Å²) in [7, 11) is 1.46. The number of rotatable bonds is 7. The molecule has 0 radical (unpaired) electrons. The maximum Gasteiger partial charge on any atom is 0.347 e. The Balaban J connectivity index is 1.40. The lowest BCUT2D eigenvalue weighted by molar-refractivity contribution is 0.0730. The number of nitrogens with zero attached hydrogens (tertiary/aromatic N) is 1. The van der Waals surface area contributed by atoms with E-state index in [1.165, 1.54) is 19.4 Å². The SMILES string of the molecule is COc1ccc(Cl)cc1C(=O)Oc1ccccc1C=NNC(=O)c1[nH]c2c(I)cccc2c1-c1ccccc1. The Hall–Kier alpha value is -4.15. The van der Waals surface area contributed by atoms with Gasteiger partial charge in [-0.1, -0.05) is 66.2 Å². The van der Waals surface area contributed by atoms with Gasteiger partial charge in [-0.15, -0.1) is 0 Å². The van der Waals surface area contributed by atoms with Gasteiger partial charge >= 0.3 is 5.97 Å². The zero-order valence-electron chi connectivity index (χ0n) is 20.6. The highest BCUT2D eigenvalue weighted by molar-refractivity contribution is 14.1. The first-order chi connectivity index (χ1) is 19.0. The predicted molar refractivity (Wildman–Crippen MR) is 161 cm³/mol. The number of halogens is 2. The number of carbonyl (C=O) groups is 2. The third-order valence-electron chi connectivity index (χ3n) is 5.95. The van der Waals surface area contributed by atoms with Gasteiger partial charge in [-0.3, -0.25) is 4.79 Å². The Morgan fingerprint density at radius 1 is 0.949 bits per heavy atom. The van der Waals surface area contributed by atoms with Crippen LogP contribution < -0.4 is 14.9 Å². The number of hydrogen-bond acceptors (Lipinski definition) is 5. The van der Waals surface area contributed by atoms with Crippen LogP contribution in [0, 0.1) is 3.57 Å². The quantitative estimate of drug-likeness (QED) is 0.0648. The molecule has 5 aromatic rings. The summed E-state index contributed by atoms with van der Waals surface area (Å²) in [4.78, 5) is 29.4. The first-order valence-electron chi connectivity index (χ1n) is 11.8. The molecular weight excluding hydrogens is 629 g/mol. The zero-order chi connectivity index (χ0) is 27.4. The summed E-state index contributed by atoms with van der Waals surface area (Å²) in [5.74, 6) is -0.452. The molecule has 0 saturated heterocycles. The number of methoxy groups -OCH3 is 1. The Morgan fingerprint density at radius 2 is 1.72 bits per heavy atom. The third-order valence-corrected chi connectivity index (χ3v) is 7.08. The van der Waals surface area contributed by atoms with Crippen LogP contribution in [0.3, 0.4) is 0 Å². The predicted octanol–water partition coefficient (Wildman–Crippen LogP) is 7.08. The van der Waals surface area contributed by atoms with Crippen molar-refractivity contribution in [1.82, 2.24) is 10.4 Å². The van der Waals surface area contributed by atoms with Crippen molar-refractivity contribution in [3.05, 3.63) is 116 Å². The number of hydrogen-bond donors (Lipinski definition) is 2. The van der Waals surface area contributed by atoms with Crippen LogP contribution in [0.1, 0.15) is 26.4 Å². The van der Waals surface area contributed by atoms with Gasteiger partial charge in [-0.25, -0.2) is 10.2 Å². The second kappa shape index (κ2) is 11.7. The number of nitrogens with one attached hydrogen (secondary N) is 2. The van der Waals surface area contributed by atoms with E-state index in [1.807, 2.05) is 48.5 Å². The molecule has 0 atom stereocenters. The lowest BCUT2D eigenvalue weighted by Crippen LogP contribution is -2.19. The number of ether oxygens (including phenoxy) is 2. The number of aromatic nitrogens is 1. The van der Waals surface area contributed by atoms with E-state index in [2.05, 4.69) is 38.1 Å². The van der Waals surface area contributed by atoms with E-state index >= 15 is 0 Å². The molecule has 0 spiro atoms. The van der Waals surface area contributed by atoms with Crippen LogP contribution in [0.15, 0.2) is 96.1 Å². The van der Waals surface area contributed by atoms with Crippen molar-refractivity contribution in [3.63, 3.8) is 0 Å². The average molecular weight is 650 g/mol. The number of carbonyl (C=O) groups excluding carboxylic acids is 2. The fraction of sp³-hybridized carbons (Fsp3) is 0.0333. The summed E-state index contributed by atoms with van der Waals surface area (Å²) < 4.78 is 11.9. The molecule has 5 rings (SSSR count). The number of esters is 1. The van der Waals surface area contributed by atoms with E-state index in [1.54, 1.807) is 36.4 Å². The normalized spacial score (nSPS) is 11.1. The second-order valence-corrected chi connectivity index (χ2v) is 9.97. The van der Waals surface area contributed by atoms with Gasteiger partial charge < -0.3 is 14.5 Å². The Bertz CT molecular complexity index is 1720. The van der Waals surface area contributed by atoms with Gasteiger partial charge in [-0.05, 0) is 64.6 Å². The monoisotopic (exact) mass is 649 g/mol. The minimum atomic E-state index is -0.639. The van der Waals surface area contributed by atoms with Gasteiger partial charge in [0.15, 0.2) is 0 Å². The lowest BCUT2D eigenvalue weighted by atomic mass is 10.0. The lowest BCUT2D eigenvalue weighted by Gasteiger charge is -2.10. The van der Waals surface area contributed by atoms with Gasteiger partial charge in [0.25, 0.3) is 5.91 Å². The molecule has 1 aromatic heterocycles. The molecule has 0 fully saturated rings. The molecule has 0 saturated carbocycles. The molecule has 2 N–H and O–H groups in total. The molecule has 39 heavy (non-hydrogen) atoms. The van der Waals surface area contributed by atoms with E-state index in [4.69, 9.17) is 21.1 Å². The smallest absolute Gasteiger partial charge is 0.347 e. The molecule has 1 amide bonds. The summed E-state index contributed by atoms with van der Waals surface area (Å²) in [5, 5.41) is 5.47. The number of benzene rings is 4. The van der Waals surface area contributed by atoms with E-state index in [9.17, 15) is 9.59 Å². The Labute approximate surface area is 242 Å². The van der Waals surface area contributed by atoms with Crippen molar-refractivity contribution in [2.75, 3.05) is 7.11 Å². The molecule has 0 aliphatic carbocycles. The van der Waals surface area contributed by atoms with Crippen LogP contribution >= 0.6 is 34.2 Å². The largest absolute Gasteiger partial charge is 0.496 e. The van der Waals surface area contributed by atoms with Gasteiger partial charge in [0.05, 0.1) is 18.8 Å². The van der Waals surface area contributed by atoms with Crippen molar-refractivity contribution in [1.29, 1.82) is 0 Å². The van der Waals surface area contributed by atoms with Crippen molar-refractivity contribution < 1.29 is 19.1 Å². The van der Waals surface area contributed by atoms with Crippen LogP contribution in [0.5, 0.6) is 11.5 Å². The molecule has 194 valence electrons. The van der Waals surface area contributed by atoms with Crippen LogP contribution in [0.4, 0.5) is 0 Å². The van der Waals surface area contributed by atoms with Crippen LogP contribution in [0.25, 0.3) is 22.0 Å². The van der Waals surface area contributed by atoms with Crippen LogP contribution in [-0.4, -0.2) is 30.2 Å². The maximum absolute atomic E-state index is 13.3. The first kappa shape index (κ1) is 26.5. The highest BCUT2D eigenvalue weighted by Crippen LogP contribution is 2.34. The van der Waals surface area contributed by atoms with Crippen molar-refractivity contribution in [2.45, 2.75) is 0 Å². The highest BCUT2D eigenvalue weighted by Gasteiger charge is 2.20. The Kier molecular flexibility index (Phi) is 7.94. The number of fused-ring (bicyclic) bond motifs is 1. The molecule has 4 aromatic carbocycles. The van der Waals surface area contributed by atoms with Crippen LogP contribution in [0.2, 0.25) is 5.02 Å². The second-order valence-electron chi connectivity index (χ2n) is 8.37. The fourth-order valence-electron chi connectivity index (χ4n) is 4.15. The third kappa shape index (κ3) is 5.67. The average Bonchev–Trinajstić information content (AvgIpc) is 3.35. The minimum Gasteiger partial charge on any atom is -0.496 e. The number of aromatic amines is 1. The summed E-state index contributed by atoms with van der Waals surface area (Å²) >= 11 is 8.30. The molecule has 9 heteroatoms. The summed E-state index contributed by atoms with van der Waals surface area (Å²) in [6, 6.07) is 27.2. The number of hydrazone groups is 1. The van der Waals surface area contributed by atoms with E-state index in [-0.39, 0.29) is 11.3 Å². The van der Waals surface area contributed by atoms with Crippen molar-refractivity contribution in [2.24, 2.45) is 5.10 Å². The maximum atomic E-state index is 13.3. The molecule has 1 heterocycles. The van der Waals surface area contributed by atoms with E-state index < -0.39 is 11.9 Å². The fourth-order valence-corrected chi connectivity index (χ4v) is 4.95. The molecule has 0 aliphatic heterocycles. The van der Waals surface area contributed by atoms with Crippen molar-refractivity contribution in [3.8, 4) is 22.6 Å². The summed E-state index contributed by atoms with van der Waals surface area (Å²) in [6.45, 7) is 0. The molecule has 7 nitrogen and oxygen atoms in total. The standard InChI is InChI=1S/C30H21ClIN3O4/c1-38-25-15-14-20(31)16-22(25)30(37)39-24-13-6-5-10-19(24)17-33-35-29(36)28-26(18-8-3-2-4-9-18)21-11-7-12-23(32)27(21)34-28/h2-17,34H,1H3,(H,35,36). The highest BCUT2D eigenvalue weighted by atomic mass is 127. The van der Waals surface area contributed by atoms with Gasteiger partial charge in [-0.2, -0.15) is 5.10 Å². The summed E-state index contributed by atoms with van der Waals surface area (Å²) in [6.07, 6.45) is 1.42. The van der Waals surface area contributed by atoms with Gasteiger partial charge in [0.2, 0.25) is 0 Å². The first-order valence-corrected chi connectivity index (χ1v) is 13.3. The number of H-pyrrole nitrogens is 1. The summed E-state index contributed by atoms with van der Waals surface area (Å²) in [5.41, 5.74) is 6.24.